The van der Waals surface area contributed by atoms with E-state index in [2.05, 4.69) is 42.5 Å². The summed E-state index contributed by atoms with van der Waals surface area (Å²) in [4.78, 5) is 30.9. The second-order valence-electron chi connectivity index (χ2n) is 15.6. The van der Waals surface area contributed by atoms with Gasteiger partial charge in [0.25, 0.3) is 5.91 Å². The average molecular weight is 769 g/mol. The van der Waals surface area contributed by atoms with Crippen molar-refractivity contribution in [1.29, 1.82) is 0 Å². The molecule has 1 N–H and O–H groups in total. The van der Waals surface area contributed by atoms with Gasteiger partial charge in [0.2, 0.25) is 5.91 Å². The Morgan fingerprint density at radius 3 is 2.39 bits per heavy atom. The van der Waals surface area contributed by atoms with Crippen molar-refractivity contribution in [3.63, 3.8) is 0 Å². The first kappa shape index (κ1) is 37.5. The highest BCUT2D eigenvalue weighted by Gasteiger charge is 2.66. The Bertz CT molecular complexity index is 2250. The van der Waals surface area contributed by atoms with Gasteiger partial charge in [0.15, 0.2) is 5.60 Å². The molecule has 0 unspecified atom stereocenters. The quantitative estimate of drug-likeness (QED) is 0.150. The molecule has 4 aromatic carbocycles. The van der Waals surface area contributed by atoms with Crippen LogP contribution in [-0.2, 0) is 39.4 Å². The van der Waals surface area contributed by atoms with Gasteiger partial charge in [0, 0.05) is 50.1 Å². The lowest BCUT2D eigenvalue weighted by Gasteiger charge is -2.37. The van der Waals surface area contributed by atoms with Crippen LogP contribution in [0, 0.1) is 5.92 Å². The van der Waals surface area contributed by atoms with Gasteiger partial charge in [-0.1, -0.05) is 103 Å². The van der Waals surface area contributed by atoms with E-state index in [1.807, 2.05) is 102 Å². The maximum Gasteiger partial charge on any atom is 0.264 e. The van der Waals surface area contributed by atoms with Crippen molar-refractivity contribution in [3.05, 3.63) is 132 Å². The van der Waals surface area contributed by atoms with Crippen LogP contribution in [0.3, 0.4) is 0 Å². The first-order chi connectivity index (χ1) is 27.1. The summed E-state index contributed by atoms with van der Waals surface area (Å²) in [6, 6.07) is 34.1. The Hall–Kier alpha value is -5.43. The van der Waals surface area contributed by atoms with E-state index in [0.717, 1.165) is 39.5 Å². The van der Waals surface area contributed by atoms with Crippen LogP contribution in [-0.4, -0.2) is 65.5 Å². The predicted octanol–water partition coefficient (Wildman–Crippen LogP) is 6.21. The minimum absolute atomic E-state index is 0.000909. The van der Waals surface area contributed by atoms with Gasteiger partial charge in [-0.25, -0.2) is 5.01 Å². The molecule has 4 atom stereocenters. The van der Waals surface area contributed by atoms with Gasteiger partial charge < -0.3 is 19.5 Å². The molecule has 5 aromatic rings. The first-order valence-electron chi connectivity index (χ1n) is 19.4. The fourth-order valence-electron chi connectivity index (χ4n) is 9.15. The van der Waals surface area contributed by atoms with Crippen molar-refractivity contribution < 1.29 is 24.2 Å². The molecule has 8 rings (SSSR count). The number of aryl methyl sites for hydroxylation is 1. The molecule has 0 radical (unpaired) electrons. The van der Waals surface area contributed by atoms with Crippen LogP contribution in [0.1, 0.15) is 48.6 Å². The van der Waals surface area contributed by atoms with E-state index in [1.54, 1.807) is 11.8 Å². The third-order valence-corrected chi connectivity index (χ3v) is 16.3. The topological polar surface area (TPSA) is 122 Å². The Labute approximate surface area is 328 Å². The number of ether oxygens (including phenoxy) is 2. The number of hydrazone groups is 1. The van der Waals surface area contributed by atoms with Crippen molar-refractivity contribution in [2.45, 2.75) is 76.0 Å². The number of amides is 2. The molecular weight excluding hydrogens is 721 g/mol. The summed E-state index contributed by atoms with van der Waals surface area (Å²) < 4.78 is 14.7. The van der Waals surface area contributed by atoms with Crippen molar-refractivity contribution in [3.8, 4) is 5.75 Å². The summed E-state index contributed by atoms with van der Waals surface area (Å²) >= 11 is 0. The van der Waals surface area contributed by atoms with Crippen molar-refractivity contribution in [2.75, 3.05) is 23.6 Å². The van der Waals surface area contributed by atoms with E-state index in [4.69, 9.17) is 14.6 Å². The molecule has 3 aliphatic heterocycles. The molecule has 2 amide bonds. The van der Waals surface area contributed by atoms with Gasteiger partial charge in [0.05, 0.1) is 50.6 Å². The number of hydrogen-bond donors (Lipinski definition) is 1. The monoisotopic (exact) mass is 768 g/mol. The first-order valence-corrected chi connectivity index (χ1v) is 22.5. The smallest absolute Gasteiger partial charge is 0.264 e. The Balaban J connectivity index is 1.24. The number of hydrogen-bond acceptors (Lipinski definition) is 8. The lowest BCUT2D eigenvalue weighted by atomic mass is 9.82. The van der Waals surface area contributed by atoms with E-state index >= 15 is 4.79 Å². The van der Waals surface area contributed by atoms with E-state index in [0.29, 0.717) is 44.5 Å². The summed E-state index contributed by atoms with van der Waals surface area (Å²) in [6.45, 7) is 7.82. The molecule has 12 heteroatoms. The zero-order chi connectivity index (χ0) is 39.0. The van der Waals surface area contributed by atoms with E-state index in [1.165, 1.54) is 10.2 Å². The molecule has 4 heterocycles. The van der Waals surface area contributed by atoms with Crippen LogP contribution < -0.4 is 19.8 Å². The van der Waals surface area contributed by atoms with Crippen molar-refractivity contribution in [1.82, 2.24) is 15.0 Å². The molecule has 56 heavy (non-hydrogen) atoms. The normalized spacial score (nSPS) is 22.2. The summed E-state index contributed by atoms with van der Waals surface area (Å²) in [5, 5.41) is 25.7. The van der Waals surface area contributed by atoms with Crippen molar-refractivity contribution >= 4 is 42.2 Å². The van der Waals surface area contributed by atoms with Crippen LogP contribution in [0.25, 0.3) is 0 Å². The third-order valence-electron chi connectivity index (χ3n) is 12.0. The molecule has 288 valence electrons. The second kappa shape index (κ2) is 15.2. The summed E-state index contributed by atoms with van der Waals surface area (Å²) in [6.07, 6.45) is 3.48. The SMILES string of the molecule is COc1ccc([Si](C)(C)[C@@H]2[C@@H](CCn3cc(CCO)nn3)O[C@]3(C(=O)N(Cc4ccccc4)c4ccc(N5N=C(c6ccccc6)CCC5=O)cc43)[C@H]2C)cc1. The zero-order valence-electron chi connectivity index (χ0n) is 32.3. The van der Waals surface area contributed by atoms with Crippen LogP contribution in [0.15, 0.2) is 114 Å². The summed E-state index contributed by atoms with van der Waals surface area (Å²) in [7, 11) is -0.743. The largest absolute Gasteiger partial charge is 0.497 e. The molecule has 1 aromatic heterocycles. The molecule has 3 aliphatic rings. The molecule has 1 spiro atoms. The highest BCUT2D eigenvalue weighted by molar-refractivity contribution is 6.91. The number of aliphatic hydroxyl groups excluding tert-OH is 1. The second-order valence-corrected chi connectivity index (χ2v) is 20.3. The van der Waals surface area contributed by atoms with Crippen LogP contribution >= 0.6 is 0 Å². The molecule has 0 aliphatic carbocycles. The lowest BCUT2D eigenvalue weighted by molar-refractivity contribution is -0.146. The van der Waals surface area contributed by atoms with Gasteiger partial charge in [0.1, 0.15) is 5.75 Å². The van der Waals surface area contributed by atoms with E-state index in [-0.39, 0.29) is 36.0 Å². The molecular formula is C44H48N6O5Si. The third kappa shape index (κ3) is 6.65. The van der Waals surface area contributed by atoms with Crippen LogP contribution in [0.5, 0.6) is 5.75 Å². The number of benzene rings is 4. The Kier molecular flexibility index (Phi) is 10.2. The average Bonchev–Trinajstić information content (AvgIpc) is 3.87. The minimum atomic E-state index is -2.41. The molecule has 11 nitrogen and oxygen atoms in total. The van der Waals surface area contributed by atoms with Gasteiger partial charge in [-0.3, -0.25) is 14.3 Å². The highest BCUT2D eigenvalue weighted by atomic mass is 28.3. The maximum atomic E-state index is 15.4. The minimum Gasteiger partial charge on any atom is -0.497 e. The standard InChI is InChI=1S/C44H48N6O5Si/c1-30-42(56(3,4)36-18-16-35(54-2)17-19-36)40(23-25-48-29-33(24-26-51)45-47-48)55-44(30)37-27-34(50-41(52)22-20-38(46-50)32-13-9-6-10-14-32)15-21-39(37)49(43(44)53)28-31-11-7-5-8-12-31/h5-19,21,27,29-30,40,42,51H,20,22-26,28H2,1-4H3/t30-,40+,42-,44+/m0/s1. The number of carbonyl (C=O) groups is 2. The van der Waals surface area contributed by atoms with Crippen molar-refractivity contribution in [2.24, 2.45) is 11.0 Å². The molecule has 0 bridgehead atoms. The zero-order valence-corrected chi connectivity index (χ0v) is 33.3. The number of nitrogens with zero attached hydrogens (tertiary/aromatic N) is 6. The van der Waals surface area contributed by atoms with E-state index in [9.17, 15) is 9.90 Å². The number of rotatable bonds is 12. The number of anilines is 2. The summed E-state index contributed by atoms with van der Waals surface area (Å²) in [5.74, 6) is 0.361. The molecule has 0 saturated carbocycles. The van der Waals surface area contributed by atoms with Gasteiger partial charge >= 0.3 is 0 Å². The van der Waals surface area contributed by atoms with Gasteiger partial charge in [-0.2, -0.15) is 5.10 Å². The Morgan fingerprint density at radius 1 is 0.946 bits per heavy atom. The number of fused-ring (bicyclic) bond motifs is 2. The summed E-state index contributed by atoms with van der Waals surface area (Å²) in [5.41, 5.74) is 4.39. The number of methoxy groups -OCH3 is 1. The van der Waals surface area contributed by atoms with Gasteiger partial charge in [-0.15, -0.1) is 5.10 Å². The van der Waals surface area contributed by atoms with Crippen LogP contribution in [0.4, 0.5) is 11.4 Å². The number of carbonyl (C=O) groups excluding carboxylic acids is 2. The van der Waals surface area contributed by atoms with Crippen LogP contribution in [0.2, 0.25) is 18.6 Å². The Morgan fingerprint density at radius 2 is 1.68 bits per heavy atom. The van der Waals surface area contributed by atoms with Gasteiger partial charge in [-0.05, 0) is 53.4 Å². The molecule has 1 saturated heterocycles. The molecule has 1 fully saturated rings. The number of aliphatic hydroxyl groups is 1. The highest BCUT2D eigenvalue weighted by Crippen LogP contribution is 2.60. The fourth-order valence-corrected chi connectivity index (χ4v) is 13.2. The maximum absolute atomic E-state index is 15.4. The number of aromatic nitrogens is 3. The van der Waals surface area contributed by atoms with E-state index < -0.39 is 13.7 Å². The predicted molar refractivity (Wildman–Crippen MR) is 219 cm³/mol. The lowest BCUT2D eigenvalue weighted by Crippen LogP contribution is -2.51. The fraction of sp³-hybridized carbons (Fsp3) is 0.341.